The summed E-state index contributed by atoms with van der Waals surface area (Å²) in [5.74, 6) is -1.24. The Morgan fingerprint density at radius 1 is 1.38 bits per heavy atom. The van der Waals surface area contributed by atoms with E-state index in [0.717, 1.165) is 6.26 Å². The number of nitrogens with zero attached hydrogens (tertiary/aromatic N) is 2. The van der Waals surface area contributed by atoms with E-state index in [2.05, 4.69) is 4.98 Å². The fourth-order valence-corrected chi connectivity index (χ4v) is 2.94. The van der Waals surface area contributed by atoms with Crippen molar-refractivity contribution in [2.24, 2.45) is 7.05 Å². The Kier molecular flexibility index (Phi) is 3.73. The monoisotopic (exact) mass is 310 g/mol. The quantitative estimate of drug-likeness (QED) is 0.865. The number of aromatic hydroxyl groups is 1. The third kappa shape index (κ3) is 3.05. The molecule has 0 saturated carbocycles. The van der Waals surface area contributed by atoms with E-state index in [1.54, 1.807) is 12.1 Å². The molecule has 2 aromatic rings. The van der Waals surface area contributed by atoms with Crippen molar-refractivity contribution < 1.29 is 23.4 Å². The summed E-state index contributed by atoms with van der Waals surface area (Å²) in [7, 11) is -2.18. The fraction of sp³-hybridized carbons (Fsp3) is 0.231. The lowest BCUT2D eigenvalue weighted by molar-refractivity contribution is 0.0689. The number of carboxylic acids is 1. The zero-order valence-electron chi connectivity index (χ0n) is 11.4. The third-order valence-corrected chi connectivity index (χ3v) is 4.02. The van der Waals surface area contributed by atoms with E-state index < -0.39 is 15.8 Å². The SMILES string of the molecule is Cn1c(S(C)(=O)=O)nc(C(=O)O)c1Cc1cccc(O)c1. The highest BCUT2D eigenvalue weighted by Gasteiger charge is 2.25. The number of aromatic nitrogens is 2. The summed E-state index contributed by atoms with van der Waals surface area (Å²) in [6.07, 6.45) is 1.12. The van der Waals surface area contributed by atoms with Crippen molar-refractivity contribution in [2.75, 3.05) is 6.26 Å². The van der Waals surface area contributed by atoms with E-state index >= 15 is 0 Å². The van der Waals surface area contributed by atoms with Crippen molar-refractivity contribution in [3.63, 3.8) is 0 Å². The van der Waals surface area contributed by atoms with Crippen LogP contribution in [0.2, 0.25) is 0 Å². The predicted molar refractivity (Wildman–Crippen MR) is 74.2 cm³/mol. The first-order valence-corrected chi connectivity index (χ1v) is 7.86. The molecule has 0 fully saturated rings. The molecule has 0 bridgehead atoms. The summed E-state index contributed by atoms with van der Waals surface area (Å²) in [6, 6.07) is 6.31. The Morgan fingerprint density at radius 3 is 2.57 bits per heavy atom. The number of benzene rings is 1. The van der Waals surface area contributed by atoms with Gasteiger partial charge < -0.3 is 14.8 Å². The zero-order valence-corrected chi connectivity index (χ0v) is 12.3. The zero-order chi connectivity index (χ0) is 15.8. The molecular weight excluding hydrogens is 296 g/mol. The van der Waals surface area contributed by atoms with Gasteiger partial charge in [-0.3, -0.25) is 0 Å². The highest BCUT2D eigenvalue weighted by atomic mass is 32.2. The van der Waals surface area contributed by atoms with E-state index in [9.17, 15) is 23.4 Å². The minimum Gasteiger partial charge on any atom is -0.508 e. The maximum atomic E-state index is 11.6. The molecule has 0 aliphatic carbocycles. The molecular formula is C13H14N2O5S. The predicted octanol–water partition coefficient (Wildman–Crippen LogP) is 0.818. The molecule has 7 nitrogen and oxygen atoms in total. The van der Waals surface area contributed by atoms with Gasteiger partial charge in [-0.25, -0.2) is 18.2 Å². The molecule has 8 heteroatoms. The van der Waals surface area contributed by atoms with Gasteiger partial charge in [0.05, 0.1) is 5.69 Å². The number of sulfone groups is 1. The average Bonchev–Trinajstić information content (AvgIpc) is 2.67. The first kappa shape index (κ1) is 15.0. The van der Waals surface area contributed by atoms with Crippen LogP contribution < -0.4 is 0 Å². The summed E-state index contributed by atoms with van der Waals surface area (Å²) in [5.41, 5.74) is 0.607. The van der Waals surface area contributed by atoms with Crippen LogP contribution in [0.3, 0.4) is 0 Å². The molecule has 0 unspecified atom stereocenters. The van der Waals surface area contributed by atoms with Gasteiger partial charge in [-0.2, -0.15) is 0 Å². The van der Waals surface area contributed by atoms with E-state index in [1.165, 1.54) is 23.7 Å². The minimum atomic E-state index is -3.63. The molecule has 21 heavy (non-hydrogen) atoms. The van der Waals surface area contributed by atoms with Gasteiger partial charge in [0.2, 0.25) is 15.0 Å². The van der Waals surface area contributed by atoms with Crippen molar-refractivity contribution in [1.29, 1.82) is 0 Å². The molecule has 0 amide bonds. The standard InChI is InChI=1S/C13H14N2O5S/c1-15-10(7-8-4-3-5-9(16)6-8)11(12(17)18)14-13(15)21(2,19)20/h3-6,16H,7H2,1-2H3,(H,17,18). The van der Waals surface area contributed by atoms with Gasteiger partial charge in [0.15, 0.2) is 5.69 Å². The number of phenols is 1. The first-order chi connectivity index (χ1) is 9.70. The van der Waals surface area contributed by atoms with Gasteiger partial charge in [0.1, 0.15) is 5.75 Å². The molecule has 0 atom stereocenters. The molecule has 0 saturated heterocycles. The minimum absolute atomic E-state index is 0.0508. The maximum Gasteiger partial charge on any atom is 0.356 e. The van der Waals surface area contributed by atoms with Crippen LogP contribution in [0, 0.1) is 0 Å². The summed E-state index contributed by atoms with van der Waals surface area (Å²) in [4.78, 5) is 15.0. The number of aromatic carboxylic acids is 1. The largest absolute Gasteiger partial charge is 0.508 e. The number of carbonyl (C=O) groups is 1. The van der Waals surface area contributed by atoms with E-state index in [1.807, 2.05) is 0 Å². The van der Waals surface area contributed by atoms with Crippen LogP contribution in [-0.2, 0) is 23.3 Å². The first-order valence-electron chi connectivity index (χ1n) is 5.97. The van der Waals surface area contributed by atoms with E-state index in [4.69, 9.17) is 0 Å². The molecule has 1 heterocycles. The Morgan fingerprint density at radius 2 is 2.05 bits per heavy atom. The maximum absolute atomic E-state index is 11.6. The summed E-state index contributed by atoms with van der Waals surface area (Å²) in [5, 5.41) is 18.3. The molecule has 1 aromatic heterocycles. The van der Waals surface area contributed by atoms with Crippen molar-refractivity contribution in [2.45, 2.75) is 11.6 Å². The Hall–Kier alpha value is -2.35. The lowest BCUT2D eigenvalue weighted by Crippen LogP contribution is -2.08. The lowest BCUT2D eigenvalue weighted by atomic mass is 10.1. The van der Waals surface area contributed by atoms with Crippen LogP contribution in [0.25, 0.3) is 0 Å². The number of hydrogen-bond donors (Lipinski definition) is 2. The van der Waals surface area contributed by atoms with Crippen molar-refractivity contribution in [3.8, 4) is 5.75 Å². The summed E-state index contributed by atoms with van der Waals surface area (Å²) in [6.45, 7) is 0. The number of imidazole rings is 1. The second kappa shape index (κ2) is 5.21. The number of phenolic OH excluding ortho intramolecular Hbond substituents is 1. The molecule has 1 aromatic carbocycles. The van der Waals surface area contributed by atoms with E-state index in [-0.39, 0.29) is 28.7 Å². The molecule has 0 radical (unpaired) electrons. The van der Waals surface area contributed by atoms with E-state index in [0.29, 0.717) is 5.56 Å². The van der Waals surface area contributed by atoms with Crippen molar-refractivity contribution in [3.05, 3.63) is 41.2 Å². The highest BCUT2D eigenvalue weighted by molar-refractivity contribution is 7.90. The van der Waals surface area contributed by atoms with Crippen LogP contribution in [0.4, 0.5) is 0 Å². The van der Waals surface area contributed by atoms with Gasteiger partial charge in [0.25, 0.3) is 0 Å². The Balaban J connectivity index is 2.57. The van der Waals surface area contributed by atoms with Crippen molar-refractivity contribution in [1.82, 2.24) is 9.55 Å². The van der Waals surface area contributed by atoms with Gasteiger partial charge in [-0.1, -0.05) is 12.1 Å². The molecule has 0 aliphatic rings. The normalized spacial score (nSPS) is 11.5. The smallest absolute Gasteiger partial charge is 0.356 e. The molecule has 0 spiro atoms. The summed E-state index contributed by atoms with van der Waals surface area (Å²) < 4.78 is 24.5. The third-order valence-electron chi connectivity index (χ3n) is 2.99. The van der Waals surface area contributed by atoms with Crippen molar-refractivity contribution >= 4 is 15.8 Å². The number of hydrogen-bond acceptors (Lipinski definition) is 5. The second-order valence-electron chi connectivity index (χ2n) is 4.67. The molecule has 112 valence electrons. The lowest BCUT2D eigenvalue weighted by Gasteiger charge is -2.06. The van der Waals surface area contributed by atoms with Crippen LogP contribution in [0.1, 0.15) is 21.7 Å². The Bertz CT molecular complexity index is 808. The highest BCUT2D eigenvalue weighted by Crippen LogP contribution is 2.20. The van der Waals surface area contributed by atoms with Gasteiger partial charge in [-0.15, -0.1) is 0 Å². The van der Waals surface area contributed by atoms with Crippen LogP contribution in [-0.4, -0.2) is 40.4 Å². The van der Waals surface area contributed by atoms with Crippen LogP contribution in [0.5, 0.6) is 5.75 Å². The van der Waals surface area contributed by atoms with Gasteiger partial charge >= 0.3 is 5.97 Å². The molecule has 2 N–H and O–H groups in total. The van der Waals surface area contributed by atoms with Gasteiger partial charge in [-0.05, 0) is 17.7 Å². The average molecular weight is 310 g/mol. The van der Waals surface area contributed by atoms with Crippen LogP contribution >= 0.6 is 0 Å². The Labute approximate surface area is 121 Å². The second-order valence-corrected chi connectivity index (χ2v) is 6.58. The number of carboxylic acid groups (broad SMARTS) is 1. The number of rotatable bonds is 4. The topological polar surface area (TPSA) is 109 Å². The molecule has 0 aliphatic heterocycles. The molecule has 2 rings (SSSR count). The van der Waals surface area contributed by atoms with Gasteiger partial charge in [0, 0.05) is 19.7 Å². The fourth-order valence-electron chi connectivity index (χ4n) is 2.07. The van der Waals surface area contributed by atoms with Crippen LogP contribution in [0.15, 0.2) is 29.4 Å². The summed E-state index contributed by atoms with van der Waals surface area (Å²) >= 11 is 0.